The van der Waals surface area contributed by atoms with E-state index in [0.29, 0.717) is 0 Å². The Balaban J connectivity index is 2.91. The number of nitro groups is 1. The molecule has 0 saturated carbocycles. The van der Waals surface area contributed by atoms with Gasteiger partial charge >= 0.3 is 6.09 Å². The van der Waals surface area contributed by atoms with E-state index in [9.17, 15) is 14.9 Å². The Morgan fingerprint density at radius 2 is 1.95 bits per heavy atom. The van der Waals surface area contributed by atoms with Crippen LogP contribution in [0.2, 0.25) is 0 Å². The van der Waals surface area contributed by atoms with Crippen LogP contribution in [0.1, 0.15) is 20.8 Å². The first-order valence-electron chi connectivity index (χ1n) is 5.55. The minimum Gasteiger partial charge on any atom is -0.496 e. The molecule has 0 aromatic heterocycles. The van der Waals surface area contributed by atoms with Crippen LogP contribution in [0.5, 0.6) is 5.75 Å². The summed E-state index contributed by atoms with van der Waals surface area (Å²) in [7, 11) is 1.39. The summed E-state index contributed by atoms with van der Waals surface area (Å²) in [6.07, 6.45) is -0.685. The number of hydrogen-bond acceptors (Lipinski definition) is 5. The fraction of sp³-hybridized carbons (Fsp3) is 0.417. The lowest BCUT2D eigenvalue weighted by Gasteiger charge is -2.19. The second-order valence-corrected chi connectivity index (χ2v) is 4.80. The van der Waals surface area contributed by atoms with Gasteiger partial charge < -0.3 is 9.47 Å². The van der Waals surface area contributed by atoms with Gasteiger partial charge in [-0.05, 0) is 20.8 Å². The van der Waals surface area contributed by atoms with Gasteiger partial charge in [0, 0.05) is 12.1 Å². The molecule has 7 heteroatoms. The smallest absolute Gasteiger partial charge is 0.412 e. The monoisotopic (exact) mass is 268 g/mol. The van der Waals surface area contributed by atoms with Crippen molar-refractivity contribution in [2.45, 2.75) is 26.4 Å². The van der Waals surface area contributed by atoms with Crippen molar-refractivity contribution in [2.24, 2.45) is 0 Å². The Hall–Kier alpha value is -2.31. The second kappa shape index (κ2) is 5.55. The van der Waals surface area contributed by atoms with Crippen molar-refractivity contribution in [1.29, 1.82) is 0 Å². The van der Waals surface area contributed by atoms with E-state index in [-0.39, 0.29) is 17.1 Å². The summed E-state index contributed by atoms with van der Waals surface area (Å²) >= 11 is 0. The van der Waals surface area contributed by atoms with Crippen LogP contribution in [-0.2, 0) is 4.74 Å². The molecule has 0 atom stereocenters. The molecule has 0 spiro atoms. The number of nitrogens with zero attached hydrogens (tertiary/aromatic N) is 1. The van der Waals surface area contributed by atoms with Gasteiger partial charge in [0.15, 0.2) is 0 Å². The summed E-state index contributed by atoms with van der Waals surface area (Å²) in [6, 6.07) is 3.96. The zero-order valence-electron chi connectivity index (χ0n) is 11.2. The number of rotatable bonds is 3. The molecule has 1 N–H and O–H groups in total. The molecule has 1 aromatic rings. The molecule has 0 bridgehead atoms. The maximum absolute atomic E-state index is 11.6. The maximum Gasteiger partial charge on any atom is 0.412 e. The summed E-state index contributed by atoms with van der Waals surface area (Å²) in [5.41, 5.74) is -0.583. The second-order valence-electron chi connectivity index (χ2n) is 4.80. The third-order valence-electron chi connectivity index (χ3n) is 1.98. The van der Waals surface area contributed by atoms with Gasteiger partial charge in [-0.25, -0.2) is 4.79 Å². The molecule has 0 aliphatic carbocycles. The number of nitrogens with one attached hydrogen (secondary N) is 1. The quantitative estimate of drug-likeness (QED) is 0.672. The van der Waals surface area contributed by atoms with Crippen LogP contribution in [0.15, 0.2) is 18.2 Å². The number of benzene rings is 1. The van der Waals surface area contributed by atoms with Crippen molar-refractivity contribution >= 4 is 17.5 Å². The predicted molar refractivity (Wildman–Crippen MR) is 69.5 cm³/mol. The maximum atomic E-state index is 11.6. The van der Waals surface area contributed by atoms with E-state index >= 15 is 0 Å². The molecule has 1 aromatic carbocycles. The average molecular weight is 268 g/mol. The van der Waals surface area contributed by atoms with Crippen LogP contribution < -0.4 is 10.1 Å². The number of nitro benzene ring substituents is 1. The van der Waals surface area contributed by atoms with Gasteiger partial charge in [-0.2, -0.15) is 0 Å². The van der Waals surface area contributed by atoms with Gasteiger partial charge in [-0.3, -0.25) is 15.4 Å². The SMILES string of the molecule is COc1cc(NC(=O)OC(C)(C)C)cc([N+](=O)[O-])c1. The summed E-state index contributed by atoms with van der Waals surface area (Å²) < 4.78 is 9.99. The third-order valence-corrected chi connectivity index (χ3v) is 1.98. The van der Waals surface area contributed by atoms with E-state index in [4.69, 9.17) is 9.47 Å². The topological polar surface area (TPSA) is 90.7 Å². The first-order chi connectivity index (χ1) is 8.71. The molecule has 0 aliphatic heterocycles. The van der Waals surface area contributed by atoms with E-state index in [2.05, 4.69) is 5.32 Å². The molecular weight excluding hydrogens is 252 g/mol. The van der Waals surface area contributed by atoms with Crippen molar-refractivity contribution < 1.29 is 19.2 Å². The van der Waals surface area contributed by atoms with Crippen LogP contribution in [0.3, 0.4) is 0 Å². The molecule has 1 amide bonds. The van der Waals surface area contributed by atoms with Gasteiger partial charge in [-0.15, -0.1) is 0 Å². The number of carbonyl (C=O) groups excluding carboxylic acids is 1. The van der Waals surface area contributed by atoms with Crippen LogP contribution in [0.25, 0.3) is 0 Å². The minimum atomic E-state index is -0.685. The Morgan fingerprint density at radius 1 is 1.32 bits per heavy atom. The van der Waals surface area contributed by atoms with E-state index in [1.54, 1.807) is 20.8 Å². The third kappa shape index (κ3) is 4.82. The Kier molecular flexibility index (Phi) is 4.31. The number of anilines is 1. The van der Waals surface area contributed by atoms with Crippen molar-refractivity contribution in [3.63, 3.8) is 0 Å². The van der Waals surface area contributed by atoms with Crippen molar-refractivity contribution in [3.05, 3.63) is 28.3 Å². The Morgan fingerprint density at radius 3 is 2.42 bits per heavy atom. The first kappa shape index (κ1) is 14.7. The number of amides is 1. The zero-order valence-corrected chi connectivity index (χ0v) is 11.2. The van der Waals surface area contributed by atoms with Crippen LogP contribution in [0, 0.1) is 10.1 Å². The predicted octanol–water partition coefficient (Wildman–Crippen LogP) is 2.95. The summed E-state index contributed by atoms with van der Waals surface area (Å²) in [5.74, 6) is 0.278. The first-order valence-corrected chi connectivity index (χ1v) is 5.55. The standard InChI is InChI=1S/C12H16N2O5/c1-12(2,3)19-11(15)13-8-5-9(14(16)17)7-10(6-8)18-4/h5-7H,1-4H3,(H,13,15). The number of methoxy groups -OCH3 is 1. The lowest BCUT2D eigenvalue weighted by molar-refractivity contribution is -0.384. The molecule has 19 heavy (non-hydrogen) atoms. The van der Waals surface area contributed by atoms with Crippen LogP contribution in [-0.4, -0.2) is 23.7 Å². The van der Waals surface area contributed by atoms with Crippen molar-refractivity contribution in [1.82, 2.24) is 0 Å². The molecular formula is C12H16N2O5. The molecule has 0 saturated heterocycles. The van der Waals surface area contributed by atoms with E-state index in [1.807, 2.05) is 0 Å². The van der Waals surface area contributed by atoms with Gasteiger partial charge in [0.2, 0.25) is 0 Å². The number of non-ortho nitro benzene ring substituents is 1. The van der Waals surface area contributed by atoms with Crippen molar-refractivity contribution in [3.8, 4) is 5.75 Å². The summed E-state index contributed by atoms with van der Waals surface area (Å²) in [6.45, 7) is 5.17. The average Bonchev–Trinajstić information content (AvgIpc) is 2.25. The zero-order chi connectivity index (χ0) is 14.6. The lowest BCUT2D eigenvalue weighted by Crippen LogP contribution is -2.27. The largest absolute Gasteiger partial charge is 0.496 e. The molecule has 0 radical (unpaired) electrons. The highest BCUT2D eigenvalue weighted by atomic mass is 16.6. The normalized spacial score (nSPS) is 10.7. The van der Waals surface area contributed by atoms with Crippen LogP contribution in [0.4, 0.5) is 16.2 Å². The van der Waals surface area contributed by atoms with E-state index in [0.717, 1.165) is 0 Å². The molecule has 0 aliphatic rings. The molecule has 7 nitrogen and oxygen atoms in total. The van der Waals surface area contributed by atoms with Gasteiger partial charge in [0.1, 0.15) is 11.4 Å². The number of ether oxygens (including phenoxy) is 2. The van der Waals surface area contributed by atoms with Gasteiger partial charge in [0.05, 0.1) is 23.8 Å². The molecule has 0 heterocycles. The lowest BCUT2D eigenvalue weighted by atomic mass is 10.2. The number of hydrogen-bond donors (Lipinski definition) is 1. The highest BCUT2D eigenvalue weighted by molar-refractivity contribution is 5.85. The molecule has 0 fully saturated rings. The van der Waals surface area contributed by atoms with Crippen LogP contribution >= 0.6 is 0 Å². The van der Waals surface area contributed by atoms with Gasteiger partial charge in [0.25, 0.3) is 5.69 Å². The Bertz CT molecular complexity index is 493. The highest BCUT2D eigenvalue weighted by Gasteiger charge is 2.18. The van der Waals surface area contributed by atoms with Crippen molar-refractivity contribution in [2.75, 3.05) is 12.4 Å². The molecule has 0 unspecified atom stereocenters. The number of carbonyl (C=O) groups is 1. The minimum absolute atomic E-state index is 0.176. The van der Waals surface area contributed by atoms with E-state index < -0.39 is 16.6 Å². The fourth-order valence-electron chi connectivity index (χ4n) is 1.30. The summed E-state index contributed by atoms with van der Waals surface area (Å²) in [4.78, 5) is 21.7. The van der Waals surface area contributed by atoms with Gasteiger partial charge in [-0.1, -0.05) is 0 Å². The fourth-order valence-corrected chi connectivity index (χ4v) is 1.30. The van der Waals surface area contributed by atoms with E-state index in [1.165, 1.54) is 25.3 Å². The Labute approximate surface area is 110 Å². The summed E-state index contributed by atoms with van der Waals surface area (Å²) in [5, 5.41) is 13.2. The molecule has 104 valence electrons. The highest BCUT2D eigenvalue weighted by Crippen LogP contribution is 2.26. The molecule has 1 rings (SSSR count).